The molecule has 1 N–H and O–H groups in total. The lowest BCUT2D eigenvalue weighted by molar-refractivity contribution is -0.120. The van der Waals surface area contributed by atoms with Gasteiger partial charge in [0.2, 0.25) is 5.91 Å². The number of aryl methyl sites for hydroxylation is 1. The van der Waals surface area contributed by atoms with Crippen LogP contribution in [0.1, 0.15) is 47.5 Å². The van der Waals surface area contributed by atoms with E-state index in [1.807, 2.05) is 12.3 Å². The highest BCUT2D eigenvalue weighted by molar-refractivity contribution is 7.09. The molecule has 122 valence electrons. The van der Waals surface area contributed by atoms with Gasteiger partial charge in [-0.25, -0.2) is 15.0 Å². The van der Waals surface area contributed by atoms with E-state index >= 15 is 0 Å². The van der Waals surface area contributed by atoms with E-state index in [9.17, 15) is 4.79 Å². The fourth-order valence-electron chi connectivity index (χ4n) is 2.48. The molecule has 0 spiro atoms. The summed E-state index contributed by atoms with van der Waals surface area (Å²) in [4.78, 5) is 24.9. The molecule has 2 aromatic rings. The molecule has 0 saturated carbocycles. The largest absolute Gasteiger partial charge is 0.370 e. The van der Waals surface area contributed by atoms with Crippen LogP contribution in [0.25, 0.3) is 0 Å². The Labute approximate surface area is 139 Å². The van der Waals surface area contributed by atoms with E-state index in [0.29, 0.717) is 13.0 Å². The zero-order valence-electron chi connectivity index (χ0n) is 13.1. The van der Waals surface area contributed by atoms with E-state index in [-0.39, 0.29) is 12.0 Å². The predicted octanol–water partition coefficient (Wildman–Crippen LogP) is 2.34. The minimum Gasteiger partial charge on any atom is -0.370 e. The highest BCUT2D eigenvalue weighted by atomic mass is 32.1. The Hall–Kier alpha value is -1.86. The molecule has 0 bridgehead atoms. The summed E-state index contributed by atoms with van der Waals surface area (Å²) in [5.41, 5.74) is 1.69. The number of rotatable bonds is 5. The highest BCUT2D eigenvalue weighted by Gasteiger charge is 2.18. The summed E-state index contributed by atoms with van der Waals surface area (Å²) in [5.74, 6) is 0.688. The van der Waals surface area contributed by atoms with Crippen LogP contribution in [0.2, 0.25) is 0 Å². The number of carbonyl (C=O) groups excluding carboxylic acids is 1. The molecule has 3 rings (SSSR count). The van der Waals surface area contributed by atoms with Gasteiger partial charge in [-0.05, 0) is 26.2 Å². The van der Waals surface area contributed by atoms with E-state index in [1.165, 1.54) is 0 Å². The van der Waals surface area contributed by atoms with Gasteiger partial charge in [0.05, 0.1) is 17.1 Å². The van der Waals surface area contributed by atoms with Gasteiger partial charge in [-0.2, -0.15) is 0 Å². The molecular weight excluding hydrogens is 312 g/mol. The van der Waals surface area contributed by atoms with Crippen molar-refractivity contribution in [3.8, 4) is 0 Å². The van der Waals surface area contributed by atoms with Crippen molar-refractivity contribution in [2.45, 2.75) is 45.3 Å². The van der Waals surface area contributed by atoms with Crippen LogP contribution in [0.4, 0.5) is 0 Å². The Kier molecular flexibility index (Phi) is 5.30. The number of ether oxygens (including phenoxy) is 1. The Morgan fingerprint density at radius 3 is 2.87 bits per heavy atom. The second kappa shape index (κ2) is 7.61. The molecule has 2 aromatic heterocycles. The zero-order valence-corrected chi connectivity index (χ0v) is 13.9. The summed E-state index contributed by atoms with van der Waals surface area (Å²) in [6, 6.07) is 0. The number of thiazole rings is 1. The van der Waals surface area contributed by atoms with Crippen molar-refractivity contribution in [3.05, 3.63) is 39.9 Å². The minimum atomic E-state index is -0.0463. The molecular formula is C16H20N4O2S. The molecule has 0 aromatic carbocycles. The summed E-state index contributed by atoms with van der Waals surface area (Å²) in [7, 11) is 0. The number of nitrogens with one attached hydrogen (secondary N) is 1. The lowest BCUT2D eigenvalue weighted by atomic mass is 10.1. The maximum absolute atomic E-state index is 11.9. The molecule has 1 aliphatic heterocycles. The summed E-state index contributed by atoms with van der Waals surface area (Å²) in [6.45, 7) is 3.14. The van der Waals surface area contributed by atoms with Gasteiger partial charge in [0, 0.05) is 36.5 Å². The van der Waals surface area contributed by atoms with Crippen molar-refractivity contribution in [2.75, 3.05) is 6.61 Å². The third-order valence-electron chi connectivity index (χ3n) is 3.69. The molecule has 7 heteroatoms. The van der Waals surface area contributed by atoms with Crippen molar-refractivity contribution >= 4 is 17.2 Å². The van der Waals surface area contributed by atoms with Crippen LogP contribution in [0.15, 0.2) is 17.8 Å². The minimum absolute atomic E-state index is 0.0142. The standard InChI is InChI=1S/C16H20N4O2S/c1-11-20-13(10-23-11)6-15(21)17-7-12-8-18-16(19-9-12)14-4-2-3-5-22-14/h8-10,14H,2-7H2,1H3,(H,17,21)/t14-/m1/s1. The van der Waals surface area contributed by atoms with Crippen LogP contribution in [-0.2, 0) is 22.5 Å². The molecule has 1 atom stereocenters. The fourth-order valence-corrected chi connectivity index (χ4v) is 3.10. The molecule has 3 heterocycles. The predicted molar refractivity (Wildman–Crippen MR) is 87.0 cm³/mol. The van der Waals surface area contributed by atoms with E-state index < -0.39 is 0 Å². The molecule has 1 aliphatic rings. The Morgan fingerprint density at radius 1 is 1.39 bits per heavy atom. The van der Waals surface area contributed by atoms with E-state index in [4.69, 9.17) is 4.74 Å². The molecule has 6 nitrogen and oxygen atoms in total. The molecule has 23 heavy (non-hydrogen) atoms. The van der Waals surface area contributed by atoms with Crippen molar-refractivity contribution in [3.63, 3.8) is 0 Å². The number of hydrogen-bond donors (Lipinski definition) is 1. The summed E-state index contributed by atoms with van der Waals surface area (Å²) in [6.07, 6.45) is 7.07. The van der Waals surface area contributed by atoms with E-state index in [2.05, 4.69) is 20.3 Å². The number of aromatic nitrogens is 3. The van der Waals surface area contributed by atoms with Gasteiger partial charge in [-0.3, -0.25) is 4.79 Å². The van der Waals surface area contributed by atoms with Crippen LogP contribution < -0.4 is 5.32 Å². The van der Waals surface area contributed by atoms with Gasteiger partial charge in [0.15, 0.2) is 5.82 Å². The summed E-state index contributed by atoms with van der Waals surface area (Å²) >= 11 is 1.55. The van der Waals surface area contributed by atoms with Gasteiger partial charge < -0.3 is 10.1 Å². The SMILES string of the molecule is Cc1nc(CC(=O)NCc2cnc([C@H]3CCCCO3)nc2)cs1. The molecule has 1 saturated heterocycles. The number of amides is 1. The van der Waals surface area contributed by atoms with Crippen molar-refractivity contribution in [1.82, 2.24) is 20.3 Å². The van der Waals surface area contributed by atoms with Crippen LogP contribution in [0, 0.1) is 6.92 Å². The summed E-state index contributed by atoms with van der Waals surface area (Å²) < 4.78 is 5.67. The third kappa shape index (κ3) is 4.56. The van der Waals surface area contributed by atoms with Gasteiger partial charge >= 0.3 is 0 Å². The molecule has 0 aliphatic carbocycles. The Balaban J connectivity index is 1.49. The first-order valence-electron chi connectivity index (χ1n) is 7.81. The lowest BCUT2D eigenvalue weighted by Gasteiger charge is -2.21. The maximum atomic E-state index is 11.9. The van der Waals surface area contributed by atoms with Gasteiger partial charge in [-0.1, -0.05) is 0 Å². The Bertz CT molecular complexity index is 650. The van der Waals surface area contributed by atoms with Crippen LogP contribution in [-0.4, -0.2) is 27.5 Å². The van der Waals surface area contributed by atoms with E-state index in [0.717, 1.165) is 48.0 Å². The number of nitrogens with zero attached hydrogens (tertiary/aromatic N) is 3. The molecule has 1 amide bonds. The van der Waals surface area contributed by atoms with Crippen molar-refractivity contribution < 1.29 is 9.53 Å². The number of hydrogen-bond acceptors (Lipinski definition) is 6. The van der Waals surface area contributed by atoms with Crippen LogP contribution >= 0.6 is 11.3 Å². The first-order valence-corrected chi connectivity index (χ1v) is 8.69. The lowest BCUT2D eigenvalue weighted by Crippen LogP contribution is -2.25. The van der Waals surface area contributed by atoms with Gasteiger partial charge in [-0.15, -0.1) is 11.3 Å². The maximum Gasteiger partial charge on any atom is 0.226 e. The molecule has 0 radical (unpaired) electrons. The average molecular weight is 332 g/mol. The Morgan fingerprint density at radius 2 is 2.22 bits per heavy atom. The van der Waals surface area contributed by atoms with Gasteiger partial charge in [0.1, 0.15) is 6.10 Å². The second-order valence-corrected chi connectivity index (χ2v) is 6.68. The summed E-state index contributed by atoms with van der Waals surface area (Å²) in [5, 5.41) is 5.76. The smallest absolute Gasteiger partial charge is 0.226 e. The monoisotopic (exact) mass is 332 g/mol. The quantitative estimate of drug-likeness (QED) is 0.909. The topological polar surface area (TPSA) is 77.0 Å². The highest BCUT2D eigenvalue weighted by Crippen LogP contribution is 2.24. The molecule has 1 fully saturated rings. The van der Waals surface area contributed by atoms with E-state index in [1.54, 1.807) is 23.7 Å². The third-order valence-corrected chi connectivity index (χ3v) is 4.51. The molecule has 0 unspecified atom stereocenters. The van der Waals surface area contributed by atoms with Crippen molar-refractivity contribution in [2.24, 2.45) is 0 Å². The first-order chi connectivity index (χ1) is 11.2. The normalized spacial score (nSPS) is 17.9. The zero-order chi connectivity index (χ0) is 16.1. The average Bonchev–Trinajstić information content (AvgIpc) is 2.99. The van der Waals surface area contributed by atoms with Crippen molar-refractivity contribution in [1.29, 1.82) is 0 Å². The van der Waals surface area contributed by atoms with Gasteiger partial charge in [0.25, 0.3) is 0 Å². The fraction of sp³-hybridized carbons (Fsp3) is 0.500. The van der Waals surface area contributed by atoms with Crippen LogP contribution in [0.5, 0.6) is 0 Å². The first kappa shape index (κ1) is 16.0. The number of carbonyl (C=O) groups is 1. The second-order valence-electron chi connectivity index (χ2n) is 5.62. The van der Waals surface area contributed by atoms with Crippen LogP contribution in [0.3, 0.4) is 0 Å².